The van der Waals surface area contributed by atoms with E-state index in [9.17, 15) is 4.79 Å². The summed E-state index contributed by atoms with van der Waals surface area (Å²) in [6.45, 7) is 0.844. The molecule has 19 heavy (non-hydrogen) atoms. The first-order chi connectivity index (χ1) is 9.27. The summed E-state index contributed by atoms with van der Waals surface area (Å²) in [6, 6.07) is 13.0. The number of pyridine rings is 1. The molecular weight excluding hydrogens is 308 g/mol. The van der Waals surface area contributed by atoms with Crippen molar-refractivity contribution in [3.8, 4) is 5.75 Å². The quantitative estimate of drug-likeness (QED) is 0.862. The minimum absolute atomic E-state index is 0.218. The third-order valence-corrected chi connectivity index (χ3v) is 3.01. The molecule has 0 unspecified atom stereocenters. The van der Waals surface area contributed by atoms with Gasteiger partial charge in [0.15, 0.2) is 0 Å². The van der Waals surface area contributed by atoms with Gasteiger partial charge >= 0.3 is 0 Å². The maximum absolute atomic E-state index is 11.8. The summed E-state index contributed by atoms with van der Waals surface area (Å²) in [5.74, 6) is 0.569. The summed E-state index contributed by atoms with van der Waals surface area (Å²) in [5.41, 5.74) is 0.377. The number of nitrogens with zero attached hydrogens (tertiary/aromatic N) is 1. The predicted molar refractivity (Wildman–Crippen MR) is 76.2 cm³/mol. The normalized spacial score (nSPS) is 9.95. The van der Waals surface area contributed by atoms with Crippen molar-refractivity contribution in [2.45, 2.75) is 0 Å². The Labute approximate surface area is 119 Å². The van der Waals surface area contributed by atoms with Crippen molar-refractivity contribution >= 4 is 21.8 Å². The molecule has 0 spiro atoms. The Morgan fingerprint density at radius 2 is 2.00 bits per heavy atom. The molecule has 1 amide bonds. The van der Waals surface area contributed by atoms with Crippen molar-refractivity contribution in [2.75, 3.05) is 13.2 Å². The van der Waals surface area contributed by atoms with E-state index in [4.69, 9.17) is 4.74 Å². The number of amides is 1. The molecule has 0 aliphatic heterocycles. The van der Waals surface area contributed by atoms with E-state index < -0.39 is 0 Å². The lowest BCUT2D eigenvalue weighted by atomic mass is 10.3. The zero-order valence-corrected chi connectivity index (χ0v) is 11.8. The summed E-state index contributed by atoms with van der Waals surface area (Å²) in [6.07, 6.45) is 1.58. The van der Waals surface area contributed by atoms with Gasteiger partial charge in [0.25, 0.3) is 5.91 Å². The van der Waals surface area contributed by atoms with Crippen molar-refractivity contribution in [1.29, 1.82) is 0 Å². The van der Waals surface area contributed by atoms with E-state index in [0.717, 1.165) is 5.75 Å². The Bertz CT molecular complexity index is 546. The van der Waals surface area contributed by atoms with Gasteiger partial charge in [-0.05, 0) is 40.2 Å². The van der Waals surface area contributed by atoms with Crippen LogP contribution in [0.1, 0.15) is 10.5 Å². The number of benzene rings is 1. The molecule has 0 fully saturated rings. The molecule has 5 heteroatoms. The smallest absolute Gasteiger partial charge is 0.271 e. The SMILES string of the molecule is O=C(NCCOc1ccccc1)c1ncccc1Br. The fourth-order valence-electron chi connectivity index (χ4n) is 1.49. The number of hydrogen-bond acceptors (Lipinski definition) is 3. The third-order valence-electron chi connectivity index (χ3n) is 2.37. The van der Waals surface area contributed by atoms with E-state index in [-0.39, 0.29) is 5.91 Å². The molecule has 1 aromatic heterocycles. The lowest BCUT2D eigenvalue weighted by Crippen LogP contribution is -2.29. The highest BCUT2D eigenvalue weighted by Gasteiger charge is 2.09. The van der Waals surface area contributed by atoms with Gasteiger partial charge in [-0.25, -0.2) is 4.98 Å². The maximum Gasteiger partial charge on any atom is 0.271 e. The molecule has 0 aliphatic rings. The topological polar surface area (TPSA) is 51.2 Å². The van der Waals surface area contributed by atoms with Crippen LogP contribution in [0.25, 0.3) is 0 Å². The lowest BCUT2D eigenvalue weighted by Gasteiger charge is -2.07. The molecule has 0 radical (unpaired) electrons. The van der Waals surface area contributed by atoms with Crippen LogP contribution in [-0.4, -0.2) is 24.0 Å². The van der Waals surface area contributed by atoms with E-state index in [1.807, 2.05) is 30.3 Å². The summed E-state index contributed by atoms with van der Waals surface area (Å²) < 4.78 is 6.15. The molecule has 1 N–H and O–H groups in total. The average molecular weight is 321 g/mol. The molecule has 1 aromatic carbocycles. The zero-order valence-electron chi connectivity index (χ0n) is 10.2. The second-order valence-electron chi connectivity index (χ2n) is 3.75. The van der Waals surface area contributed by atoms with Crippen LogP contribution in [0.3, 0.4) is 0 Å². The van der Waals surface area contributed by atoms with Crippen LogP contribution in [0.5, 0.6) is 5.75 Å². The van der Waals surface area contributed by atoms with Gasteiger partial charge in [0.2, 0.25) is 0 Å². The van der Waals surface area contributed by atoms with Gasteiger partial charge in [0, 0.05) is 10.7 Å². The number of nitrogens with one attached hydrogen (secondary N) is 1. The average Bonchev–Trinajstić information content (AvgIpc) is 2.45. The van der Waals surface area contributed by atoms with E-state index in [2.05, 4.69) is 26.2 Å². The van der Waals surface area contributed by atoms with Gasteiger partial charge in [-0.3, -0.25) is 4.79 Å². The first-order valence-corrected chi connectivity index (χ1v) is 6.63. The van der Waals surface area contributed by atoms with Crippen LogP contribution in [0, 0.1) is 0 Å². The number of carbonyl (C=O) groups excluding carboxylic acids is 1. The van der Waals surface area contributed by atoms with E-state index in [1.165, 1.54) is 0 Å². The standard InChI is InChI=1S/C14H13BrN2O2/c15-12-7-4-8-16-13(12)14(18)17-9-10-19-11-5-2-1-3-6-11/h1-8H,9-10H2,(H,17,18). The number of hydrogen-bond donors (Lipinski definition) is 1. The van der Waals surface area contributed by atoms with Gasteiger partial charge in [0.1, 0.15) is 18.1 Å². The number of carbonyl (C=O) groups is 1. The van der Waals surface area contributed by atoms with Crippen LogP contribution in [-0.2, 0) is 0 Å². The van der Waals surface area contributed by atoms with Gasteiger partial charge in [-0.1, -0.05) is 18.2 Å². The largest absolute Gasteiger partial charge is 0.492 e. The number of para-hydroxylation sites is 1. The van der Waals surface area contributed by atoms with Crippen LogP contribution in [0.4, 0.5) is 0 Å². The third kappa shape index (κ3) is 4.06. The summed E-state index contributed by atoms with van der Waals surface area (Å²) in [4.78, 5) is 15.8. The molecule has 0 atom stereocenters. The summed E-state index contributed by atoms with van der Waals surface area (Å²) in [5, 5.41) is 2.75. The van der Waals surface area contributed by atoms with Crippen molar-refractivity contribution < 1.29 is 9.53 Å². The predicted octanol–water partition coefficient (Wildman–Crippen LogP) is 2.65. The monoisotopic (exact) mass is 320 g/mol. The van der Waals surface area contributed by atoms with Gasteiger partial charge in [-0.15, -0.1) is 0 Å². The number of ether oxygens (including phenoxy) is 1. The molecular formula is C14H13BrN2O2. The van der Waals surface area contributed by atoms with Crippen LogP contribution >= 0.6 is 15.9 Å². The highest BCUT2D eigenvalue weighted by molar-refractivity contribution is 9.10. The molecule has 4 nitrogen and oxygen atoms in total. The van der Waals surface area contributed by atoms with Crippen molar-refractivity contribution in [1.82, 2.24) is 10.3 Å². The van der Waals surface area contributed by atoms with Crippen LogP contribution in [0.15, 0.2) is 53.1 Å². The molecule has 0 bridgehead atoms. The highest BCUT2D eigenvalue weighted by atomic mass is 79.9. The Morgan fingerprint density at radius 1 is 1.21 bits per heavy atom. The Kier molecular flexibility index (Phi) is 4.92. The summed E-state index contributed by atoms with van der Waals surface area (Å²) >= 11 is 3.29. The number of rotatable bonds is 5. The molecule has 2 rings (SSSR count). The minimum Gasteiger partial charge on any atom is -0.492 e. The van der Waals surface area contributed by atoms with Gasteiger partial charge in [-0.2, -0.15) is 0 Å². The van der Waals surface area contributed by atoms with Crippen LogP contribution in [0.2, 0.25) is 0 Å². The van der Waals surface area contributed by atoms with Crippen molar-refractivity contribution in [3.63, 3.8) is 0 Å². The Balaban J connectivity index is 1.77. The molecule has 0 saturated carbocycles. The van der Waals surface area contributed by atoms with Gasteiger partial charge < -0.3 is 10.1 Å². The first-order valence-electron chi connectivity index (χ1n) is 5.84. The molecule has 0 aliphatic carbocycles. The highest BCUT2D eigenvalue weighted by Crippen LogP contribution is 2.12. The number of halogens is 1. The van der Waals surface area contributed by atoms with Gasteiger partial charge in [0.05, 0.1) is 6.54 Å². The molecule has 98 valence electrons. The van der Waals surface area contributed by atoms with Crippen molar-refractivity contribution in [2.24, 2.45) is 0 Å². The fourth-order valence-corrected chi connectivity index (χ4v) is 1.92. The molecule has 1 heterocycles. The van der Waals surface area contributed by atoms with Crippen LogP contribution < -0.4 is 10.1 Å². The fraction of sp³-hybridized carbons (Fsp3) is 0.143. The van der Waals surface area contributed by atoms with E-state index in [1.54, 1.807) is 18.3 Å². The second-order valence-corrected chi connectivity index (χ2v) is 4.61. The second kappa shape index (κ2) is 6.89. The van der Waals surface area contributed by atoms with E-state index in [0.29, 0.717) is 23.3 Å². The molecule has 0 saturated heterocycles. The Hall–Kier alpha value is -1.88. The minimum atomic E-state index is -0.218. The number of aromatic nitrogens is 1. The van der Waals surface area contributed by atoms with Crippen molar-refractivity contribution in [3.05, 3.63) is 58.8 Å². The zero-order chi connectivity index (χ0) is 13.5. The maximum atomic E-state index is 11.8. The van der Waals surface area contributed by atoms with E-state index >= 15 is 0 Å². The summed E-state index contributed by atoms with van der Waals surface area (Å²) in [7, 11) is 0. The first kappa shape index (κ1) is 13.5. The Morgan fingerprint density at radius 3 is 2.74 bits per heavy atom. The lowest BCUT2D eigenvalue weighted by molar-refractivity contribution is 0.0941. The molecule has 2 aromatic rings.